The topological polar surface area (TPSA) is 113 Å². The number of benzene rings is 17. The molecule has 25 rings (SSSR count). The molecule has 608 valence electrons. The fourth-order valence-corrected chi connectivity index (χ4v) is 21.0. The van der Waals surface area contributed by atoms with E-state index >= 15 is 0 Å². The van der Waals surface area contributed by atoms with Crippen LogP contribution >= 0.6 is 22.7 Å². The molecular formula is C118H74N10S2. The third-order valence-corrected chi connectivity index (χ3v) is 27.0. The second-order valence-electron chi connectivity index (χ2n) is 32.4. The molecular weight excluding hydrogens is 1620 g/mol. The predicted octanol–water partition coefficient (Wildman–Crippen LogP) is 31.1. The van der Waals surface area contributed by atoms with Crippen molar-refractivity contribution in [2.45, 2.75) is 0 Å². The summed E-state index contributed by atoms with van der Waals surface area (Å²) in [7, 11) is 0. The Morgan fingerprint density at radius 2 is 0.531 bits per heavy atom. The molecule has 0 fully saturated rings. The highest BCUT2D eigenvalue weighted by molar-refractivity contribution is 7.27. The highest BCUT2D eigenvalue weighted by atomic mass is 32.1. The Hall–Kier alpha value is -16.9. The van der Waals surface area contributed by atoms with Crippen LogP contribution in [0.15, 0.2) is 449 Å². The van der Waals surface area contributed by atoms with Crippen LogP contribution in [0.1, 0.15) is 0 Å². The van der Waals surface area contributed by atoms with Gasteiger partial charge in [0.1, 0.15) is 0 Å². The summed E-state index contributed by atoms with van der Waals surface area (Å²) >= 11 is 3.65. The van der Waals surface area contributed by atoms with Crippen LogP contribution in [0.3, 0.4) is 0 Å². The van der Waals surface area contributed by atoms with Gasteiger partial charge in [0.25, 0.3) is 0 Å². The Kier molecular flexibility index (Phi) is 19.4. The lowest BCUT2D eigenvalue weighted by Gasteiger charge is -2.15. The van der Waals surface area contributed by atoms with E-state index in [4.69, 9.17) is 39.9 Å². The molecule has 0 unspecified atom stereocenters. The van der Waals surface area contributed by atoms with Crippen LogP contribution in [0, 0.1) is 0 Å². The molecule has 12 heteroatoms. The quantitative estimate of drug-likeness (QED) is 0.0997. The predicted molar refractivity (Wildman–Crippen MR) is 540 cm³/mol. The van der Waals surface area contributed by atoms with E-state index in [2.05, 4.69) is 343 Å². The molecule has 8 aromatic heterocycles. The van der Waals surface area contributed by atoms with E-state index in [-0.39, 0.29) is 0 Å². The molecule has 10 nitrogen and oxygen atoms in total. The van der Waals surface area contributed by atoms with Gasteiger partial charge in [-0.15, -0.1) is 22.7 Å². The lowest BCUT2D eigenvalue weighted by atomic mass is 9.92. The first-order valence-electron chi connectivity index (χ1n) is 43.5. The van der Waals surface area contributed by atoms with Gasteiger partial charge in [0.05, 0.1) is 38.2 Å². The molecule has 0 radical (unpaired) electrons. The molecule has 17 aromatic carbocycles. The van der Waals surface area contributed by atoms with Gasteiger partial charge >= 0.3 is 0 Å². The molecule has 25 aromatic rings. The zero-order valence-corrected chi connectivity index (χ0v) is 71.6. The largest absolute Gasteiger partial charge is 0.309 e. The third kappa shape index (κ3) is 13.9. The number of para-hydroxylation sites is 4. The lowest BCUT2D eigenvalue weighted by Crippen LogP contribution is -2.02. The van der Waals surface area contributed by atoms with Crippen LogP contribution in [0.25, 0.3) is 242 Å². The SMILES string of the molecule is c1ccc(-c2cc(-c3ccccc3)cc(-c3cnc(-c4cccc5sc6c(ccc7c8ccccc8n(-c8ccccc8)c76)c45)c(-c4nc(-c5ccccc5)nc(-c5ccccc5)n4)c3)c2)cc1.c1ccc(-c2cccc(-c3cnc(-c4cccc5c4sc4ccc6c(c7ccccc7n6-c6ccccc6)c45)c(-c4nc(-c5ccccc5)nc(-c5ccccc5)n4)c3)c2)cc1. The molecule has 0 spiro atoms. The third-order valence-electron chi connectivity index (χ3n) is 24.6. The maximum Gasteiger partial charge on any atom is 0.166 e. The van der Waals surface area contributed by atoms with Crippen LogP contribution in [0.4, 0.5) is 0 Å². The Bertz CT molecular complexity index is 8450. The normalized spacial score (nSPS) is 11.5. The zero-order chi connectivity index (χ0) is 86.0. The molecule has 0 amide bonds. The average Bonchev–Trinajstić information content (AvgIpc) is 1.55. The second kappa shape index (κ2) is 32.9. The number of thiophene rings is 2. The van der Waals surface area contributed by atoms with E-state index in [0.29, 0.717) is 34.9 Å². The molecule has 0 N–H and O–H groups in total. The molecule has 0 aliphatic rings. The van der Waals surface area contributed by atoms with Crippen molar-refractivity contribution < 1.29 is 0 Å². The summed E-state index contributed by atoms with van der Waals surface area (Å²) in [6, 6.07) is 153. The van der Waals surface area contributed by atoms with Gasteiger partial charge in [0.15, 0.2) is 34.9 Å². The van der Waals surface area contributed by atoms with E-state index in [1.807, 2.05) is 138 Å². The molecule has 0 bridgehead atoms. The lowest BCUT2D eigenvalue weighted by molar-refractivity contribution is 1.07. The number of pyridine rings is 2. The standard InChI is InChI=1S/C62H39N5S.C56H35N5S/c1-6-19-40(20-7-1)44-35-45(41-21-8-2-9-22-41)37-46(36-44)47-38-53(62-65-60(42-23-10-3-11-24-42)64-61(66-62)43-25-12-4-13-26-43)57(63-39-47)51-30-18-32-55-56(51)52-34-33-50-49-29-16-17-31-54(49)67(58(50)59(52)68-55)48-27-14-5-15-28-48;1-5-17-36(18-6-1)39-23-15-24-40(33-39)41-34-46(56-59-54(37-19-7-2-8-20-37)58-55(60-56)38-21-9-3-10-22-38)52(57-35-41)45-29-16-28-44-51-49(62-53(44)45)32-31-48-50(51)43-27-13-14-30-47(43)61(48)42-25-11-4-12-26-42/h1-39H;1-35H. The van der Waals surface area contributed by atoms with Crippen molar-refractivity contribution in [1.29, 1.82) is 0 Å². The van der Waals surface area contributed by atoms with Gasteiger partial charge < -0.3 is 9.13 Å². The smallest absolute Gasteiger partial charge is 0.166 e. The molecule has 0 saturated carbocycles. The summed E-state index contributed by atoms with van der Waals surface area (Å²) in [4.78, 5) is 42.2. The van der Waals surface area contributed by atoms with Crippen molar-refractivity contribution in [2.24, 2.45) is 0 Å². The summed E-state index contributed by atoms with van der Waals surface area (Å²) < 4.78 is 9.62. The first-order chi connectivity index (χ1) is 64.5. The monoisotopic (exact) mass is 1690 g/mol. The van der Waals surface area contributed by atoms with Crippen LogP contribution in [-0.4, -0.2) is 49.0 Å². The van der Waals surface area contributed by atoms with Crippen LogP contribution in [0.5, 0.6) is 0 Å². The molecule has 0 aliphatic heterocycles. The Morgan fingerprint density at radius 3 is 1.05 bits per heavy atom. The molecule has 0 saturated heterocycles. The maximum atomic E-state index is 5.51. The van der Waals surface area contributed by atoms with E-state index in [1.165, 1.54) is 78.6 Å². The van der Waals surface area contributed by atoms with Crippen LogP contribution < -0.4 is 0 Å². The fourth-order valence-electron chi connectivity index (χ4n) is 18.5. The van der Waals surface area contributed by atoms with Gasteiger partial charge in [0.2, 0.25) is 0 Å². The van der Waals surface area contributed by atoms with Crippen molar-refractivity contribution in [3.8, 4) is 158 Å². The van der Waals surface area contributed by atoms with E-state index in [1.54, 1.807) is 0 Å². The van der Waals surface area contributed by atoms with Crippen LogP contribution in [-0.2, 0) is 0 Å². The highest BCUT2D eigenvalue weighted by Crippen LogP contribution is 2.51. The second-order valence-corrected chi connectivity index (χ2v) is 34.5. The first kappa shape index (κ1) is 76.7. The Balaban J connectivity index is 0.000000145. The molecule has 0 aliphatic carbocycles. The van der Waals surface area contributed by atoms with Crippen molar-refractivity contribution in [2.75, 3.05) is 0 Å². The van der Waals surface area contributed by atoms with Gasteiger partial charge in [-0.1, -0.05) is 346 Å². The summed E-state index contributed by atoms with van der Waals surface area (Å²) in [5.41, 5.74) is 26.9. The van der Waals surface area contributed by atoms with Gasteiger partial charge in [0, 0.05) is 137 Å². The van der Waals surface area contributed by atoms with Gasteiger partial charge in [-0.2, -0.15) is 0 Å². The van der Waals surface area contributed by atoms with Gasteiger partial charge in [-0.05, 0) is 136 Å². The maximum absolute atomic E-state index is 5.51. The van der Waals surface area contributed by atoms with E-state index < -0.39 is 0 Å². The first-order valence-corrected chi connectivity index (χ1v) is 45.1. The van der Waals surface area contributed by atoms with Crippen LogP contribution in [0.2, 0.25) is 0 Å². The Labute approximate surface area is 757 Å². The molecule has 8 heterocycles. The van der Waals surface area contributed by atoms with E-state index in [0.717, 1.165) is 128 Å². The van der Waals surface area contributed by atoms with Gasteiger partial charge in [-0.3, -0.25) is 9.97 Å². The number of rotatable bonds is 15. The zero-order valence-electron chi connectivity index (χ0n) is 70.0. The number of aromatic nitrogens is 10. The van der Waals surface area contributed by atoms with Gasteiger partial charge in [-0.25, -0.2) is 29.9 Å². The summed E-state index contributed by atoms with van der Waals surface area (Å²) in [5.74, 6) is 3.51. The highest BCUT2D eigenvalue weighted by Gasteiger charge is 2.28. The Morgan fingerprint density at radius 1 is 0.185 bits per heavy atom. The number of hydrogen-bond donors (Lipinski definition) is 0. The molecule has 0 atom stereocenters. The number of hydrogen-bond acceptors (Lipinski definition) is 10. The van der Waals surface area contributed by atoms with Crippen molar-refractivity contribution in [3.63, 3.8) is 0 Å². The van der Waals surface area contributed by atoms with Crippen molar-refractivity contribution >= 4 is 107 Å². The van der Waals surface area contributed by atoms with Crippen molar-refractivity contribution in [1.82, 2.24) is 49.0 Å². The minimum atomic E-state index is 0.549. The summed E-state index contributed by atoms with van der Waals surface area (Å²) in [5, 5.41) is 9.73. The number of fused-ring (bicyclic) bond motifs is 14. The average molecular weight is 1700 g/mol. The molecule has 130 heavy (non-hydrogen) atoms. The minimum Gasteiger partial charge on any atom is -0.309 e. The van der Waals surface area contributed by atoms with E-state index in [9.17, 15) is 0 Å². The summed E-state index contributed by atoms with van der Waals surface area (Å²) in [6.45, 7) is 0. The van der Waals surface area contributed by atoms with Crippen molar-refractivity contribution in [3.05, 3.63) is 449 Å². The fraction of sp³-hybridized carbons (Fsp3) is 0. The minimum absolute atomic E-state index is 0.549. The number of nitrogens with zero attached hydrogens (tertiary/aromatic N) is 10. The summed E-state index contributed by atoms with van der Waals surface area (Å²) in [6.07, 6.45) is 4.02.